The second kappa shape index (κ2) is 8.98. The quantitative estimate of drug-likeness (QED) is 0.617. The summed E-state index contributed by atoms with van der Waals surface area (Å²) in [4.78, 5) is 13.8. The highest BCUT2D eigenvalue weighted by atomic mass is 32.2. The highest BCUT2D eigenvalue weighted by Gasteiger charge is 2.62. The number of sulfonamides is 1. The Labute approximate surface area is 196 Å². The van der Waals surface area contributed by atoms with Crippen LogP contribution in [0.1, 0.15) is 25.3 Å². The van der Waals surface area contributed by atoms with Crippen LogP contribution in [-0.4, -0.2) is 61.0 Å². The van der Waals surface area contributed by atoms with Crippen LogP contribution in [0.25, 0.3) is 11.1 Å². The third-order valence-corrected chi connectivity index (χ3v) is 8.19. The van der Waals surface area contributed by atoms with Crippen LogP contribution in [0.5, 0.6) is 0 Å². The van der Waals surface area contributed by atoms with Gasteiger partial charge in [-0.25, -0.2) is 13.1 Å². The molecule has 0 bridgehead atoms. The van der Waals surface area contributed by atoms with E-state index in [1.165, 1.54) is 6.92 Å². The Hall–Kier alpha value is -2.43. The molecular formula is C24H27F3N2O4S. The fourth-order valence-electron chi connectivity index (χ4n) is 4.77. The van der Waals surface area contributed by atoms with Gasteiger partial charge < -0.3 is 10.0 Å². The molecule has 34 heavy (non-hydrogen) atoms. The van der Waals surface area contributed by atoms with E-state index in [0.29, 0.717) is 12.8 Å². The average Bonchev–Trinajstić information content (AvgIpc) is 3.54. The van der Waals surface area contributed by atoms with Crippen LogP contribution < -0.4 is 4.72 Å². The molecule has 4 rings (SSSR count). The number of amides is 1. The normalized spacial score (nSPS) is 22.7. The van der Waals surface area contributed by atoms with E-state index in [0.717, 1.165) is 21.6 Å². The summed E-state index contributed by atoms with van der Waals surface area (Å²) in [5.74, 6) is -1.63. The number of hydrogen-bond donors (Lipinski definition) is 2. The topological polar surface area (TPSA) is 86.7 Å². The van der Waals surface area contributed by atoms with Crippen molar-refractivity contribution in [3.8, 4) is 11.1 Å². The van der Waals surface area contributed by atoms with Gasteiger partial charge in [0, 0.05) is 18.0 Å². The van der Waals surface area contributed by atoms with Crippen molar-refractivity contribution in [2.75, 3.05) is 12.3 Å². The number of alkyl halides is 3. The Morgan fingerprint density at radius 1 is 1.15 bits per heavy atom. The SMILES string of the molecule is CCS(=O)(=O)N[C@@H]1[C@H](Cc2cccc(-c3ccccc3)c2)N(C(=O)[C@H](O)C(F)(F)F)CC12CC2. The summed E-state index contributed by atoms with van der Waals surface area (Å²) in [6, 6.07) is 15.4. The minimum absolute atomic E-state index is 0.0289. The molecule has 0 radical (unpaired) electrons. The molecule has 2 fully saturated rings. The summed E-state index contributed by atoms with van der Waals surface area (Å²) in [5, 5.41) is 9.69. The maximum Gasteiger partial charge on any atom is 0.423 e. The average molecular weight is 497 g/mol. The van der Waals surface area contributed by atoms with Crippen LogP contribution in [-0.2, 0) is 21.2 Å². The van der Waals surface area contributed by atoms with Crippen LogP contribution in [0.4, 0.5) is 13.2 Å². The van der Waals surface area contributed by atoms with Crippen LogP contribution >= 0.6 is 0 Å². The largest absolute Gasteiger partial charge is 0.423 e. The van der Waals surface area contributed by atoms with Gasteiger partial charge in [-0.3, -0.25) is 4.79 Å². The summed E-state index contributed by atoms with van der Waals surface area (Å²) in [6.45, 7) is 1.45. The second-order valence-electron chi connectivity index (χ2n) is 9.11. The maximum absolute atomic E-state index is 13.2. The van der Waals surface area contributed by atoms with Gasteiger partial charge in [-0.05, 0) is 42.9 Å². The smallest absolute Gasteiger partial charge is 0.376 e. The van der Waals surface area contributed by atoms with Gasteiger partial charge in [-0.15, -0.1) is 0 Å². The van der Waals surface area contributed by atoms with E-state index < -0.39 is 45.7 Å². The van der Waals surface area contributed by atoms with E-state index in [4.69, 9.17) is 0 Å². The number of aliphatic hydroxyl groups is 1. The molecule has 10 heteroatoms. The molecule has 6 nitrogen and oxygen atoms in total. The van der Waals surface area contributed by atoms with Gasteiger partial charge in [0.15, 0.2) is 0 Å². The van der Waals surface area contributed by atoms with Gasteiger partial charge in [0.2, 0.25) is 16.1 Å². The summed E-state index contributed by atoms with van der Waals surface area (Å²) < 4.78 is 67.0. The Morgan fingerprint density at radius 2 is 1.79 bits per heavy atom. The number of likely N-dealkylation sites (tertiary alicyclic amines) is 1. The molecule has 1 heterocycles. The summed E-state index contributed by atoms with van der Waals surface area (Å²) in [5.41, 5.74) is 1.99. The molecule has 2 aromatic rings. The number of hydrogen-bond acceptors (Lipinski definition) is 4. The van der Waals surface area contributed by atoms with Gasteiger partial charge >= 0.3 is 6.18 Å². The van der Waals surface area contributed by atoms with E-state index in [9.17, 15) is 31.5 Å². The molecule has 1 saturated carbocycles. The minimum atomic E-state index is -5.10. The molecule has 1 aliphatic carbocycles. The number of halogens is 3. The zero-order valence-corrected chi connectivity index (χ0v) is 19.4. The first-order chi connectivity index (χ1) is 16.0. The lowest BCUT2D eigenvalue weighted by Crippen LogP contribution is -2.53. The number of benzene rings is 2. The number of nitrogens with zero attached hydrogens (tertiary/aromatic N) is 1. The number of carbonyl (C=O) groups excluding carboxylic acids is 1. The number of aliphatic hydroxyl groups excluding tert-OH is 1. The summed E-state index contributed by atoms with van der Waals surface area (Å²) in [7, 11) is -3.68. The Balaban J connectivity index is 1.69. The standard InChI is InChI=1S/C24H27F3N2O4S/c1-2-34(32,33)28-20-19(14-16-7-6-10-18(13-16)17-8-4-3-5-9-17)29(15-23(20)11-12-23)22(31)21(30)24(25,26)27/h3-10,13,19-21,28,30H,2,11-12,14-15H2,1H3/t19-,20+,21-/m0/s1. The highest BCUT2D eigenvalue weighted by Crippen LogP contribution is 2.55. The third-order valence-electron chi connectivity index (χ3n) is 6.81. The predicted molar refractivity (Wildman–Crippen MR) is 121 cm³/mol. The van der Waals surface area contributed by atoms with Crippen LogP contribution in [0.2, 0.25) is 0 Å². The first kappa shape index (κ1) is 24.7. The molecule has 1 amide bonds. The number of nitrogens with one attached hydrogen (secondary N) is 1. The van der Waals surface area contributed by atoms with Gasteiger partial charge in [-0.1, -0.05) is 54.6 Å². The lowest BCUT2D eigenvalue weighted by molar-refractivity contribution is -0.211. The van der Waals surface area contributed by atoms with Gasteiger partial charge in [0.1, 0.15) is 0 Å². The first-order valence-corrected chi connectivity index (χ1v) is 12.8. The third kappa shape index (κ3) is 4.99. The molecule has 1 aliphatic heterocycles. The Bertz CT molecular complexity index is 1150. The van der Waals surface area contributed by atoms with Gasteiger partial charge in [0.05, 0.1) is 11.8 Å². The first-order valence-electron chi connectivity index (χ1n) is 11.2. The van der Waals surface area contributed by atoms with Crippen molar-refractivity contribution in [2.45, 2.75) is 50.6 Å². The van der Waals surface area contributed by atoms with E-state index in [-0.39, 0.29) is 18.7 Å². The monoisotopic (exact) mass is 496 g/mol. The fraction of sp³-hybridized carbons (Fsp3) is 0.458. The maximum atomic E-state index is 13.2. The number of rotatable bonds is 7. The van der Waals surface area contributed by atoms with E-state index in [1.807, 2.05) is 48.5 Å². The Morgan fingerprint density at radius 3 is 2.38 bits per heavy atom. The fourth-order valence-corrected chi connectivity index (χ4v) is 5.73. The molecule has 1 spiro atoms. The molecule has 0 aromatic heterocycles. The minimum Gasteiger partial charge on any atom is -0.376 e. The summed E-state index contributed by atoms with van der Waals surface area (Å²) >= 11 is 0. The molecule has 1 saturated heterocycles. The van der Waals surface area contributed by atoms with Crippen molar-refractivity contribution in [3.05, 3.63) is 60.2 Å². The molecular weight excluding hydrogens is 469 g/mol. The lowest BCUT2D eigenvalue weighted by atomic mass is 9.91. The van der Waals surface area contributed by atoms with Crippen molar-refractivity contribution in [3.63, 3.8) is 0 Å². The van der Waals surface area contributed by atoms with Crippen LogP contribution in [0, 0.1) is 5.41 Å². The van der Waals surface area contributed by atoms with Crippen LogP contribution in [0.3, 0.4) is 0 Å². The van der Waals surface area contributed by atoms with Gasteiger partial charge in [-0.2, -0.15) is 13.2 Å². The lowest BCUT2D eigenvalue weighted by Gasteiger charge is -2.31. The molecule has 3 atom stereocenters. The van der Waals surface area contributed by atoms with E-state index in [2.05, 4.69) is 4.72 Å². The molecule has 2 aromatic carbocycles. The Kier molecular flexibility index (Phi) is 6.52. The van der Waals surface area contributed by atoms with E-state index >= 15 is 0 Å². The second-order valence-corrected chi connectivity index (χ2v) is 11.2. The van der Waals surface area contributed by atoms with Crippen molar-refractivity contribution < 1.29 is 31.5 Å². The molecule has 184 valence electrons. The molecule has 2 aliphatic rings. The van der Waals surface area contributed by atoms with Crippen molar-refractivity contribution in [1.29, 1.82) is 0 Å². The molecule has 2 N–H and O–H groups in total. The van der Waals surface area contributed by atoms with Gasteiger partial charge in [0.25, 0.3) is 5.91 Å². The van der Waals surface area contributed by atoms with Crippen molar-refractivity contribution >= 4 is 15.9 Å². The predicted octanol–water partition coefficient (Wildman–Crippen LogP) is 3.12. The van der Waals surface area contributed by atoms with Crippen molar-refractivity contribution in [2.24, 2.45) is 5.41 Å². The zero-order chi connectivity index (χ0) is 24.7. The zero-order valence-electron chi connectivity index (χ0n) is 18.6. The summed E-state index contributed by atoms with van der Waals surface area (Å²) in [6.07, 6.45) is -6.92. The number of carbonyl (C=O) groups is 1. The highest BCUT2D eigenvalue weighted by molar-refractivity contribution is 7.89. The van der Waals surface area contributed by atoms with E-state index in [1.54, 1.807) is 6.07 Å². The van der Waals surface area contributed by atoms with Crippen molar-refractivity contribution in [1.82, 2.24) is 9.62 Å². The van der Waals surface area contributed by atoms with Crippen LogP contribution in [0.15, 0.2) is 54.6 Å². The molecule has 0 unspecified atom stereocenters.